The molecule has 0 bridgehead atoms. The molecule has 2 heterocycles. The van der Waals surface area contributed by atoms with Gasteiger partial charge in [0, 0.05) is 24.4 Å². The van der Waals surface area contributed by atoms with Gasteiger partial charge in [0.2, 0.25) is 11.6 Å². The normalized spacial score (nSPS) is 11.0. The number of nitrogens with zero attached hydrogens (tertiary/aromatic N) is 3. The maximum Gasteiger partial charge on any atom is 0.296 e. The second-order valence-corrected chi connectivity index (χ2v) is 9.50. The molecule has 0 radical (unpaired) electrons. The summed E-state index contributed by atoms with van der Waals surface area (Å²) in [6.45, 7) is 0.194. The predicted molar refractivity (Wildman–Crippen MR) is 142 cm³/mol. The zero-order chi connectivity index (χ0) is 25.8. The standard InChI is InChI=1S/C29H23BrFN3O3/c1-34-25(16-20-7-11-22(30)12-8-20)33-26(27(29(34)35)36-18-21-5-3-2-4-6-21)28-32-17-24(37-28)15-19-9-13-23(31)14-10-19/h2-14,17H,15-16,18H2,1H3. The summed E-state index contributed by atoms with van der Waals surface area (Å²) in [5.41, 5.74) is 2.71. The van der Waals surface area contributed by atoms with Gasteiger partial charge in [0.15, 0.2) is 5.69 Å². The molecule has 0 aliphatic heterocycles. The molecule has 0 fully saturated rings. The molecule has 0 aliphatic rings. The lowest BCUT2D eigenvalue weighted by Crippen LogP contribution is -2.25. The van der Waals surface area contributed by atoms with Crippen molar-refractivity contribution < 1.29 is 13.5 Å². The fourth-order valence-corrected chi connectivity index (χ4v) is 4.14. The van der Waals surface area contributed by atoms with E-state index in [0.29, 0.717) is 24.4 Å². The second-order valence-electron chi connectivity index (χ2n) is 8.58. The molecule has 6 nitrogen and oxygen atoms in total. The maximum atomic E-state index is 13.5. The minimum absolute atomic E-state index is 0.0705. The molecule has 2 aromatic heterocycles. The number of hydrogen-bond donors (Lipinski definition) is 0. The van der Waals surface area contributed by atoms with Crippen LogP contribution in [0, 0.1) is 5.82 Å². The fourth-order valence-electron chi connectivity index (χ4n) is 3.88. The fraction of sp³-hybridized carbons (Fsp3) is 0.138. The van der Waals surface area contributed by atoms with Crippen molar-refractivity contribution in [3.63, 3.8) is 0 Å². The van der Waals surface area contributed by atoms with E-state index in [2.05, 4.69) is 20.9 Å². The summed E-state index contributed by atoms with van der Waals surface area (Å²) in [4.78, 5) is 22.7. The van der Waals surface area contributed by atoms with Crippen molar-refractivity contribution >= 4 is 15.9 Å². The topological polar surface area (TPSA) is 70.2 Å². The lowest BCUT2D eigenvalue weighted by molar-refractivity contribution is 0.298. The molecule has 5 rings (SSSR count). The Morgan fingerprint density at radius 2 is 1.59 bits per heavy atom. The minimum atomic E-state index is -0.327. The van der Waals surface area contributed by atoms with Gasteiger partial charge in [-0.1, -0.05) is 70.5 Å². The van der Waals surface area contributed by atoms with Crippen LogP contribution in [0.2, 0.25) is 0 Å². The first-order chi connectivity index (χ1) is 18.0. The van der Waals surface area contributed by atoms with Gasteiger partial charge >= 0.3 is 0 Å². The number of oxazole rings is 1. The zero-order valence-electron chi connectivity index (χ0n) is 20.0. The van der Waals surface area contributed by atoms with Crippen molar-refractivity contribution in [2.24, 2.45) is 7.05 Å². The Hall–Kier alpha value is -4.04. The number of hydrogen-bond acceptors (Lipinski definition) is 5. The molecule has 8 heteroatoms. The highest BCUT2D eigenvalue weighted by molar-refractivity contribution is 9.10. The van der Waals surface area contributed by atoms with Gasteiger partial charge in [-0.2, -0.15) is 0 Å². The first-order valence-corrected chi connectivity index (χ1v) is 12.5. The largest absolute Gasteiger partial charge is 0.481 e. The second kappa shape index (κ2) is 10.9. The summed E-state index contributed by atoms with van der Waals surface area (Å²) >= 11 is 3.45. The average Bonchev–Trinajstić information content (AvgIpc) is 3.37. The van der Waals surface area contributed by atoms with Crippen molar-refractivity contribution in [3.05, 3.63) is 134 Å². The first-order valence-electron chi connectivity index (χ1n) is 11.7. The number of rotatable bonds is 8. The molecule has 5 aromatic rings. The highest BCUT2D eigenvalue weighted by atomic mass is 79.9. The molecule has 0 saturated carbocycles. The SMILES string of the molecule is Cn1c(Cc2ccc(Br)cc2)nc(-c2ncc(Cc3ccc(F)cc3)o2)c(OCc2ccccc2)c1=O. The summed E-state index contributed by atoms with van der Waals surface area (Å²) in [7, 11) is 1.68. The van der Waals surface area contributed by atoms with Gasteiger partial charge in [0.25, 0.3) is 5.56 Å². The van der Waals surface area contributed by atoms with Crippen LogP contribution in [-0.4, -0.2) is 14.5 Å². The molecule has 37 heavy (non-hydrogen) atoms. The third-order valence-electron chi connectivity index (χ3n) is 5.89. The van der Waals surface area contributed by atoms with Crippen molar-refractivity contribution in [3.8, 4) is 17.3 Å². The van der Waals surface area contributed by atoms with Gasteiger partial charge in [-0.3, -0.25) is 9.36 Å². The Balaban J connectivity index is 1.52. The van der Waals surface area contributed by atoms with Crippen LogP contribution >= 0.6 is 15.9 Å². The Morgan fingerprint density at radius 1 is 0.919 bits per heavy atom. The van der Waals surface area contributed by atoms with Gasteiger partial charge in [-0.05, 0) is 41.0 Å². The van der Waals surface area contributed by atoms with E-state index in [1.807, 2.05) is 54.6 Å². The zero-order valence-corrected chi connectivity index (χ0v) is 21.6. The summed E-state index contributed by atoms with van der Waals surface area (Å²) < 4.78 is 27.8. The van der Waals surface area contributed by atoms with Crippen molar-refractivity contribution in [2.75, 3.05) is 0 Å². The molecule has 0 unspecified atom stereocenters. The van der Waals surface area contributed by atoms with E-state index in [9.17, 15) is 9.18 Å². The monoisotopic (exact) mass is 559 g/mol. The van der Waals surface area contributed by atoms with Crippen LogP contribution in [0.3, 0.4) is 0 Å². The van der Waals surface area contributed by atoms with E-state index in [1.54, 1.807) is 25.4 Å². The lowest BCUT2D eigenvalue weighted by atomic mass is 10.1. The summed E-state index contributed by atoms with van der Waals surface area (Å²) in [6.07, 6.45) is 2.45. The molecule has 0 aliphatic carbocycles. The third kappa shape index (κ3) is 5.86. The highest BCUT2D eigenvalue weighted by Gasteiger charge is 2.22. The lowest BCUT2D eigenvalue weighted by Gasteiger charge is -2.14. The highest BCUT2D eigenvalue weighted by Crippen LogP contribution is 2.27. The molecule has 0 atom stereocenters. The number of benzene rings is 3. The average molecular weight is 560 g/mol. The molecule has 3 aromatic carbocycles. The van der Waals surface area contributed by atoms with Crippen molar-refractivity contribution in [2.45, 2.75) is 19.4 Å². The quantitative estimate of drug-likeness (QED) is 0.230. The molecule has 0 saturated heterocycles. The predicted octanol–water partition coefficient (Wildman–Crippen LogP) is 6.10. The minimum Gasteiger partial charge on any atom is -0.481 e. The van der Waals surface area contributed by atoms with Gasteiger partial charge in [0.05, 0.1) is 6.20 Å². The Bertz CT molecular complexity index is 1560. The third-order valence-corrected chi connectivity index (χ3v) is 6.42. The van der Waals surface area contributed by atoms with E-state index < -0.39 is 0 Å². The van der Waals surface area contributed by atoms with E-state index in [-0.39, 0.29) is 35.3 Å². The van der Waals surface area contributed by atoms with Crippen LogP contribution in [0.25, 0.3) is 11.6 Å². The number of halogens is 2. The number of aromatic nitrogens is 3. The van der Waals surface area contributed by atoms with Crippen LogP contribution in [0.4, 0.5) is 4.39 Å². The molecule has 0 spiro atoms. The van der Waals surface area contributed by atoms with E-state index in [1.165, 1.54) is 16.7 Å². The molecule has 0 amide bonds. The van der Waals surface area contributed by atoms with Gasteiger partial charge in [-0.15, -0.1) is 0 Å². The van der Waals surface area contributed by atoms with Crippen LogP contribution in [0.15, 0.2) is 98.7 Å². The van der Waals surface area contributed by atoms with E-state index >= 15 is 0 Å². The van der Waals surface area contributed by atoms with Gasteiger partial charge < -0.3 is 9.15 Å². The van der Waals surface area contributed by atoms with E-state index in [4.69, 9.17) is 14.1 Å². The van der Waals surface area contributed by atoms with Crippen molar-refractivity contribution in [1.29, 1.82) is 0 Å². The smallest absolute Gasteiger partial charge is 0.296 e. The van der Waals surface area contributed by atoms with Crippen LogP contribution in [-0.2, 0) is 26.5 Å². The Labute approximate surface area is 221 Å². The van der Waals surface area contributed by atoms with Crippen LogP contribution < -0.4 is 10.3 Å². The molecule has 186 valence electrons. The summed E-state index contributed by atoms with van der Waals surface area (Å²) in [5.74, 6) is 1.07. The van der Waals surface area contributed by atoms with Crippen LogP contribution in [0.5, 0.6) is 5.75 Å². The molecular weight excluding hydrogens is 537 g/mol. The summed E-state index contributed by atoms with van der Waals surface area (Å²) in [6, 6.07) is 23.6. The van der Waals surface area contributed by atoms with Gasteiger partial charge in [-0.25, -0.2) is 14.4 Å². The number of ether oxygens (including phenoxy) is 1. The van der Waals surface area contributed by atoms with Crippen LogP contribution in [0.1, 0.15) is 28.3 Å². The van der Waals surface area contributed by atoms with Gasteiger partial charge in [0.1, 0.15) is 24.0 Å². The Kier molecular flexibility index (Phi) is 7.28. The summed E-state index contributed by atoms with van der Waals surface area (Å²) in [5, 5.41) is 0. The first kappa shape index (κ1) is 24.6. The molecular formula is C29H23BrFN3O3. The molecule has 0 N–H and O–H groups in total. The van der Waals surface area contributed by atoms with Crippen molar-refractivity contribution in [1.82, 2.24) is 14.5 Å². The Morgan fingerprint density at radius 3 is 2.32 bits per heavy atom. The van der Waals surface area contributed by atoms with E-state index in [0.717, 1.165) is 21.2 Å². The maximum absolute atomic E-state index is 13.5.